The molecule has 1 saturated carbocycles. The number of hydrogen-bond acceptors (Lipinski definition) is 8. The maximum Gasteiger partial charge on any atom is 0.411 e. The van der Waals surface area contributed by atoms with Crippen molar-refractivity contribution in [1.82, 2.24) is 9.97 Å². The zero-order valence-electron chi connectivity index (χ0n) is 27.7. The minimum absolute atomic E-state index is 0.0114. The van der Waals surface area contributed by atoms with Gasteiger partial charge >= 0.3 is 12.1 Å². The first-order chi connectivity index (χ1) is 21.7. The van der Waals surface area contributed by atoms with E-state index in [1.54, 1.807) is 11.3 Å². The average molecular weight is 637 g/mol. The number of fused-ring (bicyclic) bond motifs is 1. The van der Waals surface area contributed by atoms with Crippen LogP contribution in [-0.4, -0.2) is 40.3 Å². The predicted octanol–water partition coefficient (Wildman–Crippen LogP) is 10.2. The Labute approximate surface area is 273 Å². The van der Waals surface area contributed by atoms with E-state index in [2.05, 4.69) is 27.8 Å². The van der Waals surface area contributed by atoms with E-state index in [4.69, 9.17) is 14.5 Å². The number of thiazole rings is 1. The summed E-state index contributed by atoms with van der Waals surface area (Å²) in [6, 6.07) is 8.22. The number of esters is 1. The largest absolute Gasteiger partial charge is 0.460 e. The quantitative estimate of drug-likeness (QED) is 0.119. The fraction of sp³-hybridized carbons (Fsp3) is 0.611. The van der Waals surface area contributed by atoms with Crippen molar-refractivity contribution in [3.05, 3.63) is 36.2 Å². The number of pyridine rings is 1. The third-order valence-corrected chi connectivity index (χ3v) is 9.10. The van der Waals surface area contributed by atoms with E-state index in [0.717, 1.165) is 83.7 Å². The molecule has 4 rings (SSSR count). The van der Waals surface area contributed by atoms with Crippen LogP contribution in [0.2, 0.25) is 0 Å². The minimum Gasteiger partial charge on any atom is -0.460 e. The van der Waals surface area contributed by atoms with Crippen molar-refractivity contribution in [3.8, 4) is 11.1 Å². The van der Waals surface area contributed by atoms with Crippen LogP contribution in [0.15, 0.2) is 30.5 Å². The number of anilines is 2. The molecule has 8 nitrogen and oxygen atoms in total. The molecule has 1 aliphatic rings. The summed E-state index contributed by atoms with van der Waals surface area (Å²) in [5.41, 5.74) is 4.01. The van der Waals surface area contributed by atoms with Gasteiger partial charge in [-0.05, 0) is 90.0 Å². The molecule has 0 radical (unpaired) electrons. The molecule has 0 atom stereocenters. The summed E-state index contributed by atoms with van der Waals surface area (Å²) in [5, 5.41) is 7.37. The highest BCUT2D eigenvalue weighted by molar-refractivity contribution is 7.22. The van der Waals surface area contributed by atoms with Crippen LogP contribution in [0.1, 0.15) is 123 Å². The molecule has 2 aromatic heterocycles. The van der Waals surface area contributed by atoms with Gasteiger partial charge in [0.15, 0.2) is 5.13 Å². The van der Waals surface area contributed by atoms with Gasteiger partial charge in [0.05, 0.1) is 21.6 Å². The lowest BCUT2D eigenvalue weighted by Crippen LogP contribution is -2.24. The monoisotopic (exact) mass is 636 g/mol. The number of ether oxygens (including phenoxy) is 2. The molecule has 1 fully saturated rings. The van der Waals surface area contributed by atoms with Gasteiger partial charge in [0, 0.05) is 24.7 Å². The van der Waals surface area contributed by atoms with Gasteiger partial charge in [0.1, 0.15) is 11.7 Å². The van der Waals surface area contributed by atoms with Crippen molar-refractivity contribution in [2.24, 2.45) is 0 Å². The van der Waals surface area contributed by atoms with E-state index < -0.39 is 6.09 Å². The molecule has 9 heteroatoms. The Morgan fingerprint density at radius 2 is 1.60 bits per heavy atom. The van der Waals surface area contributed by atoms with Gasteiger partial charge in [-0.15, -0.1) is 0 Å². The molecule has 45 heavy (non-hydrogen) atoms. The standard InChI is InChI=1S/C36H52N4O4S/c1-26-31(40-35(42)43-29-17-13-12-14-18-29)23-28(25-38-26)27-20-21-30-32(24-27)45-34(39-30)37-22-16-11-9-7-5-6-8-10-15-19-33(41)44-36(2,3)4/h20-21,23-25,29H,5-19,22H2,1-4H3,(H,37,39)(H,40,42). The Hall–Kier alpha value is -3.20. The molecular weight excluding hydrogens is 584 g/mol. The molecule has 3 aromatic rings. The SMILES string of the molecule is Cc1ncc(-c2ccc3nc(NCCCCCCCCCCCC(=O)OC(C)(C)C)sc3c2)cc1NC(=O)OC1CCCCC1. The van der Waals surface area contributed by atoms with Crippen LogP contribution in [-0.2, 0) is 14.3 Å². The van der Waals surface area contributed by atoms with Crippen molar-refractivity contribution in [3.63, 3.8) is 0 Å². The summed E-state index contributed by atoms with van der Waals surface area (Å²) in [4.78, 5) is 33.6. The normalized spacial score (nSPS) is 14.0. The molecule has 1 amide bonds. The van der Waals surface area contributed by atoms with Crippen LogP contribution in [0, 0.1) is 6.92 Å². The summed E-state index contributed by atoms with van der Waals surface area (Å²) >= 11 is 1.67. The topological polar surface area (TPSA) is 102 Å². The molecule has 0 bridgehead atoms. The zero-order valence-corrected chi connectivity index (χ0v) is 28.5. The second kappa shape index (κ2) is 17.5. The smallest absolute Gasteiger partial charge is 0.411 e. The minimum atomic E-state index is -0.402. The van der Waals surface area contributed by atoms with Crippen LogP contribution < -0.4 is 10.6 Å². The molecule has 0 saturated heterocycles. The molecule has 0 aliphatic heterocycles. The molecule has 1 aromatic carbocycles. The second-order valence-electron chi connectivity index (χ2n) is 13.3. The van der Waals surface area contributed by atoms with Gasteiger partial charge in [-0.3, -0.25) is 15.1 Å². The van der Waals surface area contributed by atoms with E-state index in [0.29, 0.717) is 12.1 Å². The second-order valence-corrected chi connectivity index (χ2v) is 14.3. The molecule has 246 valence electrons. The van der Waals surface area contributed by atoms with Crippen molar-refractivity contribution >= 4 is 44.4 Å². The first kappa shape index (κ1) is 34.7. The van der Waals surface area contributed by atoms with Gasteiger partial charge in [-0.2, -0.15) is 0 Å². The number of benzene rings is 1. The van der Waals surface area contributed by atoms with Crippen molar-refractivity contribution < 1.29 is 19.1 Å². The van der Waals surface area contributed by atoms with E-state index >= 15 is 0 Å². The van der Waals surface area contributed by atoms with E-state index in [-0.39, 0.29) is 17.7 Å². The number of nitrogens with one attached hydrogen (secondary N) is 2. The molecule has 2 N–H and O–H groups in total. The van der Waals surface area contributed by atoms with Gasteiger partial charge in [-0.1, -0.05) is 68.8 Å². The van der Waals surface area contributed by atoms with E-state index in [1.807, 2.05) is 46.0 Å². The van der Waals surface area contributed by atoms with E-state index in [9.17, 15) is 9.59 Å². The van der Waals surface area contributed by atoms with Crippen LogP contribution >= 0.6 is 11.3 Å². The molecular formula is C36H52N4O4S. The maximum absolute atomic E-state index is 12.5. The molecule has 1 aliphatic carbocycles. The summed E-state index contributed by atoms with van der Waals surface area (Å²) in [6.45, 7) is 8.56. The first-order valence-electron chi connectivity index (χ1n) is 17.0. The Bertz CT molecular complexity index is 1380. The lowest BCUT2D eigenvalue weighted by Gasteiger charge is -2.22. The highest BCUT2D eigenvalue weighted by Crippen LogP contribution is 2.32. The number of carbonyl (C=O) groups excluding carboxylic acids is 2. The summed E-state index contributed by atoms with van der Waals surface area (Å²) in [5.74, 6) is -0.0798. The molecule has 2 heterocycles. The number of rotatable bonds is 16. The number of nitrogens with zero attached hydrogens (tertiary/aromatic N) is 2. The lowest BCUT2D eigenvalue weighted by atomic mass is 9.98. The number of aromatic nitrogens is 2. The third-order valence-electron chi connectivity index (χ3n) is 8.13. The van der Waals surface area contributed by atoms with Crippen molar-refractivity contribution in [2.75, 3.05) is 17.2 Å². The van der Waals surface area contributed by atoms with Crippen LogP contribution in [0.3, 0.4) is 0 Å². The molecule has 0 unspecified atom stereocenters. The van der Waals surface area contributed by atoms with Gasteiger partial charge in [0.25, 0.3) is 0 Å². The molecule has 0 spiro atoms. The van der Waals surface area contributed by atoms with Crippen molar-refractivity contribution in [2.45, 2.75) is 136 Å². The summed E-state index contributed by atoms with van der Waals surface area (Å²) in [6.07, 6.45) is 17.9. The maximum atomic E-state index is 12.5. The zero-order chi connectivity index (χ0) is 32.1. The Morgan fingerprint density at radius 3 is 2.31 bits per heavy atom. The highest BCUT2D eigenvalue weighted by atomic mass is 32.1. The first-order valence-corrected chi connectivity index (χ1v) is 17.8. The van der Waals surface area contributed by atoms with Crippen LogP contribution in [0.25, 0.3) is 21.3 Å². The number of amides is 1. The lowest BCUT2D eigenvalue weighted by molar-refractivity contribution is -0.154. The fourth-order valence-electron chi connectivity index (χ4n) is 5.69. The van der Waals surface area contributed by atoms with E-state index in [1.165, 1.54) is 44.9 Å². The van der Waals surface area contributed by atoms with Crippen LogP contribution in [0.5, 0.6) is 0 Å². The number of carbonyl (C=O) groups is 2. The third kappa shape index (κ3) is 12.3. The van der Waals surface area contributed by atoms with Crippen molar-refractivity contribution in [1.29, 1.82) is 0 Å². The Kier molecular flexibility index (Phi) is 13.5. The fourth-order valence-corrected chi connectivity index (χ4v) is 6.62. The Balaban J connectivity index is 1.13. The van der Waals surface area contributed by atoms with Gasteiger partial charge in [-0.25, -0.2) is 9.78 Å². The number of unbranched alkanes of at least 4 members (excludes halogenated alkanes) is 8. The van der Waals surface area contributed by atoms with Gasteiger partial charge < -0.3 is 14.8 Å². The number of hydrogen-bond donors (Lipinski definition) is 2. The number of aryl methyl sites for hydroxylation is 1. The predicted molar refractivity (Wildman–Crippen MR) is 185 cm³/mol. The summed E-state index contributed by atoms with van der Waals surface area (Å²) < 4.78 is 12.1. The van der Waals surface area contributed by atoms with Gasteiger partial charge in [0.2, 0.25) is 0 Å². The Morgan fingerprint density at radius 1 is 0.911 bits per heavy atom. The highest BCUT2D eigenvalue weighted by Gasteiger charge is 2.19. The van der Waals surface area contributed by atoms with Crippen LogP contribution in [0.4, 0.5) is 15.6 Å². The summed E-state index contributed by atoms with van der Waals surface area (Å²) in [7, 11) is 0. The average Bonchev–Trinajstić information content (AvgIpc) is 3.40.